The SMILES string of the molecule is CCCN(CCC)CCCOc1ccccc1C#N. The fraction of sp³-hybridized carbons (Fsp3) is 0.562. The van der Waals surface area contributed by atoms with E-state index in [0.717, 1.165) is 26.1 Å². The van der Waals surface area contributed by atoms with E-state index in [2.05, 4.69) is 24.8 Å². The van der Waals surface area contributed by atoms with Gasteiger partial charge in [0, 0.05) is 6.54 Å². The quantitative estimate of drug-likeness (QED) is 0.638. The highest BCUT2D eigenvalue weighted by molar-refractivity contribution is 5.42. The van der Waals surface area contributed by atoms with Gasteiger partial charge in [-0.05, 0) is 44.5 Å². The second kappa shape index (κ2) is 9.41. The van der Waals surface area contributed by atoms with Crippen LogP contribution in [0.4, 0.5) is 0 Å². The molecule has 0 aliphatic rings. The van der Waals surface area contributed by atoms with Crippen molar-refractivity contribution in [2.75, 3.05) is 26.2 Å². The molecule has 0 aliphatic heterocycles. The molecule has 0 spiro atoms. The van der Waals surface area contributed by atoms with Crippen LogP contribution in [-0.2, 0) is 0 Å². The summed E-state index contributed by atoms with van der Waals surface area (Å²) in [5.41, 5.74) is 0.612. The molecule has 0 radical (unpaired) electrons. The van der Waals surface area contributed by atoms with Crippen molar-refractivity contribution in [3.05, 3.63) is 29.8 Å². The molecule has 0 heterocycles. The van der Waals surface area contributed by atoms with Crippen LogP contribution in [0.2, 0.25) is 0 Å². The molecule has 0 aromatic heterocycles. The summed E-state index contributed by atoms with van der Waals surface area (Å²) in [5.74, 6) is 0.697. The Morgan fingerprint density at radius 1 is 1.11 bits per heavy atom. The third-order valence-electron chi connectivity index (χ3n) is 2.96. The van der Waals surface area contributed by atoms with Crippen molar-refractivity contribution in [2.24, 2.45) is 0 Å². The summed E-state index contributed by atoms with van der Waals surface area (Å²) < 4.78 is 5.69. The van der Waals surface area contributed by atoms with Crippen LogP contribution in [0.3, 0.4) is 0 Å². The molecule has 19 heavy (non-hydrogen) atoms. The summed E-state index contributed by atoms with van der Waals surface area (Å²) in [6.07, 6.45) is 3.38. The fourth-order valence-corrected chi connectivity index (χ4v) is 2.12. The molecule has 0 bridgehead atoms. The van der Waals surface area contributed by atoms with E-state index in [4.69, 9.17) is 10.00 Å². The molecule has 0 N–H and O–H groups in total. The summed E-state index contributed by atoms with van der Waals surface area (Å²) in [5, 5.41) is 8.96. The molecular weight excluding hydrogens is 236 g/mol. The average molecular weight is 260 g/mol. The van der Waals surface area contributed by atoms with Crippen LogP contribution < -0.4 is 4.74 Å². The third kappa shape index (κ3) is 5.76. The largest absolute Gasteiger partial charge is 0.492 e. The van der Waals surface area contributed by atoms with Gasteiger partial charge in [-0.15, -0.1) is 0 Å². The van der Waals surface area contributed by atoms with E-state index >= 15 is 0 Å². The lowest BCUT2D eigenvalue weighted by Gasteiger charge is -2.20. The zero-order chi connectivity index (χ0) is 13.9. The predicted octanol–water partition coefficient (Wildman–Crippen LogP) is 3.45. The van der Waals surface area contributed by atoms with Crippen LogP contribution >= 0.6 is 0 Å². The van der Waals surface area contributed by atoms with Gasteiger partial charge < -0.3 is 9.64 Å². The number of nitrogens with zero attached hydrogens (tertiary/aromatic N) is 2. The minimum absolute atomic E-state index is 0.612. The first-order valence-electron chi connectivity index (χ1n) is 7.16. The van der Waals surface area contributed by atoms with Crippen molar-refractivity contribution in [3.63, 3.8) is 0 Å². The molecule has 1 aromatic carbocycles. The predicted molar refractivity (Wildman–Crippen MR) is 78.3 cm³/mol. The van der Waals surface area contributed by atoms with Gasteiger partial charge in [-0.1, -0.05) is 26.0 Å². The lowest BCUT2D eigenvalue weighted by atomic mass is 10.2. The molecule has 104 valence electrons. The van der Waals surface area contributed by atoms with Gasteiger partial charge in [0.2, 0.25) is 0 Å². The number of ether oxygens (including phenoxy) is 1. The maximum atomic E-state index is 8.96. The number of para-hydroxylation sites is 1. The first-order valence-corrected chi connectivity index (χ1v) is 7.16. The van der Waals surface area contributed by atoms with E-state index in [0.29, 0.717) is 17.9 Å². The number of hydrogen-bond acceptors (Lipinski definition) is 3. The Labute approximate surface area is 116 Å². The molecule has 0 amide bonds. The normalized spacial score (nSPS) is 10.4. The maximum Gasteiger partial charge on any atom is 0.137 e. The van der Waals surface area contributed by atoms with Gasteiger partial charge in [0.1, 0.15) is 11.8 Å². The highest BCUT2D eigenvalue weighted by Crippen LogP contribution is 2.16. The number of hydrogen-bond donors (Lipinski definition) is 0. The Morgan fingerprint density at radius 2 is 1.79 bits per heavy atom. The summed E-state index contributed by atoms with van der Waals surface area (Å²) in [6, 6.07) is 9.55. The first kappa shape index (κ1) is 15.5. The van der Waals surface area contributed by atoms with Gasteiger partial charge in [-0.3, -0.25) is 0 Å². The van der Waals surface area contributed by atoms with Crippen molar-refractivity contribution < 1.29 is 4.74 Å². The molecule has 1 rings (SSSR count). The first-order chi connectivity index (χ1) is 9.31. The van der Waals surface area contributed by atoms with Gasteiger partial charge in [-0.25, -0.2) is 0 Å². The lowest BCUT2D eigenvalue weighted by molar-refractivity contribution is 0.234. The monoisotopic (exact) mass is 260 g/mol. The van der Waals surface area contributed by atoms with Crippen LogP contribution in [0, 0.1) is 11.3 Å². The molecule has 0 fully saturated rings. The molecule has 0 aliphatic carbocycles. The van der Waals surface area contributed by atoms with Crippen molar-refractivity contribution >= 4 is 0 Å². The standard InChI is InChI=1S/C16H24N2O/c1-3-10-18(11-4-2)12-7-13-19-16-9-6-5-8-15(16)14-17/h5-6,8-9H,3-4,7,10-13H2,1-2H3. The van der Waals surface area contributed by atoms with Gasteiger partial charge in [0.25, 0.3) is 0 Å². The number of rotatable bonds is 9. The van der Waals surface area contributed by atoms with Crippen LogP contribution in [0.15, 0.2) is 24.3 Å². The van der Waals surface area contributed by atoms with Crippen LogP contribution in [0.5, 0.6) is 5.75 Å². The topological polar surface area (TPSA) is 36.3 Å². The molecule has 0 unspecified atom stereocenters. The Hall–Kier alpha value is -1.53. The molecule has 0 saturated carbocycles. The molecular formula is C16H24N2O. The minimum Gasteiger partial charge on any atom is -0.492 e. The van der Waals surface area contributed by atoms with Crippen molar-refractivity contribution in [3.8, 4) is 11.8 Å². The van der Waals surface area contributed by atoms with E-state index in [1.54, 1.807) is 6.07 Å². The van der Waals surface area contributed by atoms with Crippen LogP contribution in [0.25, 0.3) is 0 Å². The highest BCUT2D eigenvalue weighted by Gasteiger charge is 2.04. The van der Waals surface area contributed by atoms with Crippen molar-refractivity contribution in [2.45, 2.75) is 33.1 Å². The van der Waals surface area contributed by atoms with Crippen LogP contribution in [-0.4, -0.2) is 31.1 Å². The summed E-state index contributed by atoms with van der Waals surface area (Å²) in [6.45, 7) is 8.47. The molecule has 3 heteroatoms. The third-order valence-corrected chi connectivity index (χ3v) is 2.96. The van der Waals surface area contributed by atoms with Gasteiger partial charge in [-0.2, -0.15) is 5.26 Å². The summed E-state index contributed by atoms with van der Waals surface area (Å²) >= 11 is 0. The van der Waals surface area contributed by atoms with Gasteiger partial charge in [0.05, 0.1) is 12.2 Å². The van der Waals surface area contributed by atoms with E-state index in [1.165, 1.54) is 12.8 Å². The van der Waals surface area contributed by atoms with E-state index in [-0.39, 0.29) is 0 Å². The summed E-state index contributed by atoms with van der Waals surface area (Å²) in [4.78, 5) is 2.47. The smallest absolute Gasteiger partial charge is 0.137 e. The van der Waals surface area contributed by atoms with Crippen molar-refractivity contribution in [1.82, 2.24) is 4.90 Å². The minimum atomic E-state index is 0.612. The van der Waals surface area contributed by atoms with Crippen LogP contribution in [0.1, 0.15) is 38.7 Å². The number of nitriles is 1. The van der Waals surface area contributed by atoms with E-state index in [1.807, 2.05) is 18.2 Å². The zero-order valence-electron chi connectivity index (χ0n) is 12.1. The lowest BCUT2D eigenvalue weighted by Crippen LogP contribution is -2.27. The van der Waals surface area contributed by atoms with E-state index in [9.17, 15) is 0 Å². The Bertz CT molecular complexity index is 392. The zero-order valence-corrected chi connectivity index (χ0v) is 12.1. The highest BCUT2D eigenvalue weighted by atomic mass is 16.5. The average Bonchev–Trinajstić information content (AvgIpc) is 2.44. The fourth-order valence-electron chi connectivity index (χ4n) is 2.12. The van der Waals surface area contributed by atoms with E-state index < -0.39 is 0 Å². The summed E-state index contributed by atoms with van der Waals surface area (Å²) in [7, 11) is 0. The second-order valence-corrected chi connectivity index (χ2v) is 4.65. The van der Waals surface area contributed by atoms with Gasteiger partial charge in [0.15, 0.2) is 0 Å². The number of benzene rings is 1. The second-order valence-electron chi connectivity index (χ2n) is 4.65. The van der Waals surface area contributed by atoms with Crippen molar-refractivity contribution in [1.29, 1.82) is 5.26 Å². The Morgan fingerprint density at radius 3 is 2.42 bits per heavy atom. The molecule has 0 saturated heterocycles. The Balaban J connectivity index is 2.31. The molecule has 3 nitrogen and oxygen atoms in total. The molecule has 1 aromatic rings. The van der Waals surface area contributed by atoms with Gasteiger partial charge >= 0.3 is 0 Å². The Kier molecular flexibility index (Phi) is 7.69. The molecule has 0 atom stereocenters. The maximum absolute atomic E-state index is 8.96.